The van der Waals surface area contributed by atoms with E-state index in [9.17, 15) is 9.18 Å². The predicted octanol–water partition coefficient (Wildman–Crippen LogP) is 4.32. The Kier molecular flexibility index (Phi) is 4.90. The first-order valence-electron chi connectivity index (χ1n) is 8.76. The van der Waals surface area contributed by atoms with Crippen molar-refractivity contribution in [2.75, 3.05) is 0 Å². The lowest BCUT2D eigenvalue weighted by Gasteiger charge is -2.38. The molecule has 2 aromatic rings. The number of fused-ring (bicyclic) bond motifs is 1. The molecular formula is C21H24FNO3. The fourth-order valence-electron chi connectivity index (χ4n) is 3.15. The number of aryl methyl sites for hydroxylation is 1. The minimum Gasteiger partial charge on any atom is -0.487 e. The molecule has 2 atom stereocenters. The molecule has 2 aromatic carbocycles. The van der Waals surface area contributed by atoms with Crippen molar-refractivity contribution < 1.29 is 18.7 Å². The van der Waals surface area contributed by atoms with E-state index in [2.05, 4.69) is 5.32 Å². The molecule has 1 amide bonds. The van der Waals surface area contributed by atoms with Crippen LogP contribution in [0.25, 0.3) is 0 Å². The molecule has 1 aliphatic rings. The maximum absolute atomic E-state index is 13.0. The van der Waals surface area contributed by atoms with Crippen LogP contribution >= 0.6 is 0 Å². The lowest BCUT2D eigenvalue weighted by atomic mass is 9.89. The zero-order valence-corrected chi connectivity index (χ0v) is 15.5. The molecule has 4 nitrogen and oxygen atoms in total. The molecule has 0 saturated heterocycles. The Bertz CT molecular complexity index is 801. The van der Waals surface area contributed by atoms with Gasteiger partial charge in [0, 0.05) is 12.0 Å². The second-order valence-corrected chi connectivity index (χ2v) is 7.38. The molecule has 0 bridgehead atoms. The van der Waals surface area contributed by atoms with E-state index in [0.29, 0.717) is 12.2 Å². The van der Waals surface area contributed by atoms with E-state index in [1.807, 2.05) is 39.0 Å². The minimum absolute atomic E-state index is 0.152. The Morgan fingerprint density at radius 2 is 1.96 bits per heavy atom. The van der Waals surface area contributed by atoms with Crippen molar-refractivity contribution in [2.45, 2.75) is 51.9 Å². The van der Waals surface area contributed by atoms with Crippen molar-refractivity contribution in [3.8, 4) is 11.5 Å². The molecule has 0 fully saturated rings. The average molecular weight is 357 g/mol. The number of amides is 1. The topological polar surface area (TPSA) is 47.6 Å². The van der Waals surface area contributed by atoms with Crippen LogP contribution in [-0.2, 0) is 4.79 Å². The minimum atomic E-state index is -0.694. The highest BCUT2D eigenvalue weighted by Crippen LogP contribution is 2.39. The second kappa shape index (κ2) is 6.98. The van der Waals surface area contributed by atoms with Gasteiger partial charge >= 0.3 is 0 Å². The van der Waals surface area contributed by atoms with Gasteiger partial charge in [0.1, 0.15) is 22.9 Å². The summed E-state index contributed by atoms with van der Waals surface area (Å²) in [7, 11) is 0. The first-order valence-corrected chi connectivity index (χ1v) is 8.76. The maximum Gasteiger partial charge on any atom is 0.261 e. The fourth-order valence-corrected chi connectivity index (χ4v) is 3.15. The van der Waals surface area contributed by atoms with Crippen molar-refractivity contribution in [3.05, 3.63) is 59.4 Å². The van der Waals surface area contributed by atoms with Gasteiger partial charge in [-0.25, -0.2) is 4.39 Å². The van der Waals surface area contributed by atoms with Crippen molar-refractivity contribution in [1.29, 1.82) is 0 Å². The van der Waals surface area contributed by atoms with Crippen LogP contribution in [0.5, 0.6) is 11.5 Å². The van der Waals surface area contributed by atoms with E-state index in [0.717, 1.165) is 16.9 Å². The standard InChI is InChI=1S/C21H24FNO3/c1-13-5-10-17-18(12-21(3,4)26-19(17)11-13)23-20(24)14(2)25-16-8-6-15(22)7-9-16/h5-11,14,18H,12H2,1-4H3,(H,23,24)/t14-,18+/m1/s1. The number of halogens is 1. The third-order valence-corrected chi connectivity index (χ3v) is 4.44. The Morgan fingerprint density at radius 1 is 1.27 bits per heavy atom. The molecular weight excluding hydrogens is 333 g/mol. The summed E-state index contributed by atoms with van der Waals surface area (Å²) in [5.41, 5.74) is 1.71. The fraction of sp³-hybridized carbons (Fsp3) is 0.381. The molecule has 138 valence electrons. The van der Waals surface area contributed by atoms with Crippen molar-refractivity contribution in [3.63, 3.8) is 0 Å². The summed E-state index contributed by atoms with van der Waals surface area (Å²) >= 11 is 0. The van der Waals surface area contributed by atoms with Gasteiger partial charge in [0.15, 0.2) is 6.10 Å². The van der Waals surface area contributed by atoms with E-state index in [1.165, 1.54) is 24.3 Å². The van der Waals surface area contributed by atoms with E-state index in [1.54, 1.807) is 6.92 Å². The quantitative estimate of drug-likeness (QED) is 0.886. The van der Waals surface area contributed by atoms with Crippen LogP contribution in [-0.4, -0.2) is 17.6 Å². The van der Waals surface area contributed by atoms with Gasteiger partial charge in [-0.1, -0.05) is 12.1 Å². The highest BCUT2D eigenvalue weighted by molar-refractivity contribution is 5.81. The number of hydrogen-bond donors (Lipinski definition) is 1. The van der Waals surface area contributed by atoms with Gasteiger partial charge in [-0.05, 0) is 63.6 Å². The molecule has 5 heteroatoms. The molecule has 1 aliphatic heterocycles. The summed E-state index contributed by atoms with van der Waals surface area (Å²) in [6.45, 7) is 7.71. The van der Waals surface area contributed by atoms with Crippen LogP contribution < -0.4 is 14.8 Å². The van der Waals surface area contributed by atoms with Crippen LogP contribution in [0.1, 0.15) is 44.4 Å². The molecule has 0 unspecified atom stereocenters. The van der Waals surface area contributed by atoms with Gasteiger partial charge in [0.05, 0.1) is 6.04 Å². The molecule has 0 spiro atoms. The van der Waals surface area contributed by atoms with Gasteiger partial charge in [0.2, 0.25) is 0 Å². The molecule has 26 heavy (non-hydrogen) atoms. The summed E-state index contributed by atoms with van der Waals surface area (Å²) in [6.07, 6.45) is -0.0294. The Balaban J connectivity index is 1.73. The lowest BCUT2D eigenvalue weighted by molar-refractivity contribution is -0.128. The Labute approximate surface area is 153 Å². The molecule has 1 N–H and O–H groups in total. The summed E-state index contributed by atoms with van der Waals surface area (Å²) < 4.78 is 24.7. The van der Waals surface area contributed by atoms with Gasteiger partial charge < -0.3 is 14.8 Å². The number of ether oxygens (including phenoxy) is 2. The van der Waals surface area contributed by atoms with E-state index in [4.69, 9.17) is 9.47 Å². The first kappa shape index (κ1) is 18.2. The largest absolute Gasteiger partial charge is 0.487 e. The molecule has 0 aliphatic carbocycles. The highest BCUT2D eigenvalue weighted by Gasteiger charge is 2.35. The summed E-state index contributed by atoms with van der Waals surface area (Å²) in [5, 5.41) is 3.06. The highest BCUT2D eigenvalue weighted by atomic mass is 19.1. The van der Waals surface area contributed by atoms with Crippen LogP contribution in [0.2, 0.25) is 0 Å². The zero-order chi connectivity index (χ0) is 18.9. The number of carbonyl (C=O) groups excluding carboxylic acids is 1. The predicted molar refractivity (Wildman–Crippen MR) is 97.9 cm³/mol. The third kappa shape index (κ3) is 4.15. The SMILES string of the molecule is Cc1ccc2c(c1)OC(C)(C)C[C@@H]2NC(=O)[C@@H](C)Oc1ccc(F)cc1. The van der Waals surface area contributed by atoms with Crippen LogP contribution in [0.4, 0.5) is 4.39 Å². The summed E-state index contributed by atoms with van der Waals surface area (Å²) in [5.74, 6) is 0.699. The van der Waals surface area contributed by atoms with E-state index in [-0.39, 0.29) is 23.4 Å². The van der Waals surface area contributed by atoms with Crippen molar-refractivity contribution >= 4 is 5.91 Å². The number of benzene rings is 2. The van der Waals surface area contributed by atoms with Gasteiger partial charge in [-0.3, -0.25) is 4.79 Å². The second-order valence-electron chi connectivity index (χ2n) is 7.38. The van der Waals surface area contributed by atoms with E-state index >= 15 is 0 Å². The van der Waals surface area contributed by atoms with Gasteiger partial charge in [-0.15, -0.1) is 0 Å². The van der Waals surface area contributed by atoms with Crippen molar-refractivity contribution in [2.24, 2.45) is 0 Å². The van der Waals surface area contributed by atoms with E-state index < -0.39 is 6.10 Å². The first-order chi connectivity index (χ1) is 12.2. The van der Waals surface area contributed by atoms with Gasteiger partial charge in [-0.2, -0.15) is 0 Å². The average Bonchev–Trinajstić information content (AvgIpc) is 2.55. The number of carbonyl (C=O) groups is 1. The number of hydrogen-bond acceptors (Lipinski definition) is 3. The Morgan fingerprint density at radius 3 is 2.65 bits per heavy atom. The molecule has 3 rings (SSSR count). The molecule has 1 heterocycles. The number of nitrogens with one attached hydrogen (secondary N) is 1. The normalized spacial score (nSPS) is 19.0. The Hall–Kier alpha value is -2.56. The summed E-state index contributed by atoms with van der Waals surface area (Å²) in [6, 6.07) is 11.5. The van der Waals surface area contributed by atoms with Crippen LogP contribution in [0.15, 0.2) is 42.5 Å². The monoisotopic (exact) mass is 357 g/mol. The number of rotatable bonds is 4. The molecule has 0 saturated carbocycles. The summed E-state index contributed by atoms with van der Waals surface area (Å²) in [4.78, 5) is 12.6. The van der Waals surface area contributed by atoms with Crippen molar-refractivity contribution in [1.82, 2.24) is 5.32 Å². The third-order valence-electron chi connectivity index (χ3n) is 4.44. The van der Waals surface area contributed by atoms with Crippen LogP contribution in [0, 0.1) is 12.7 Å². The smallest absolute Gasteiger partial charge is 0.261 e. The van der Waals surface area contributed by atoms with Gasteiger partial charge in [0.25, 0.3) is 5.91 Å². The zero-order valence-electron chi connectivity index (χ0n) is 15.5. The molecule has 0 aromatic heterocycles. The molecule has 0 radical (unpaired) electrons. The van der Waals surface area contributed by atoms with Crippen LogP contribution in [0.3, 0.4) is 0 Å². The lowest BCUT2D eigenvalue weighted by Crippen LogP contribution is -2.44. The maximum atomic E-state index is 13.0.